The van der Waals surface area contributed by atoms with E-state index in [1.165, 1.54) is 43.1 Å². The summed E-state index contributed by atoms with van der Waals surface area (Å²) in [6.45, 7) is 2.06. The molecule has 11 heavy (non-hydrogen) atoms. The fourth-order valence-corrected chi connectivity index (χ4v) is 1.41. The zero-order valence-electron chi connectivity index (χ0n) is 6.97. The number of halogens is 1. The van der Waals surface area contributed by atoms with E-state index in [4.69, 9.17) is 4.74 Å². The molecule has 4 heteroatoms. The molecule has 0 aromatic heterocycles. The van der Waals surface area contributed by atoms with Crippen LogP contribution in [0.25, 0.3) is 0 Å². The number of hydrogen-bond donors (Lipinski definition) is 0. The number of carbonyl (C=O) groups excluding carboxylic acids is 1. The Balaban J connectivity index is 0. The Morgan fingerprint density at radius 3 is 2.45 bits per heavy atom. The van der Waals surface area contributed by atoms with Gasteiger partial charge in [0.15, 0.2) is 0 Å². The number of carbonyl (C=O) groups is 1. The van der Waals surface area contributed by atoms with Crippen LogP contribution in [0.5, 0.6) is 0 Å². The molecule has 0 unspecified atom stereocenters. The van der Waals surface area contributed by atoms with Crippen molar-refractivity contribution in [2.75, 3.05) is 6.61 Å². The second-order valence-corrected chi connectivity index (χ2v) is 3.74. The van der Waals surface area contributed by atoms with Crippen LogP contribution in [0.4, 0.5) is 0 Å². The molecule has 0 rings (SSSR count). The summed E-state index contributed by atoms with van der Waals surface area (Å²) in [5.74, 6) is -0.162. The summed E-state index contributed by atoms with van der Waals surface area (Å²) < 4.78 is 4.76. The number of unbranched alkanes of at least 4 members (excludes halogenated alkanes) is 2. The molecule has 0 saturated carbocycles. The Labute approximate surface area is 88.5 Å². The Morgan fingerprint density at radius 2 is 2.00 bits per heavy atom. The topological polar surface area (TPSA) is 26.3 Å². The molecule has 0 atom stereocenters. The minimum atomic E-state index is -0.162. The molecule has 2 nitrogen and oxygen atoms in total. The van der Waals surface area contributed by atoms with Gasteiger partial charge < -0.3 is 0 Å². The monoisotopic (exact) mass is 273 g/mol. The third-order valence-corrected chi connectivity index (χ3v) is 2.25. The zero-order chi connectivity index (χ0) is 7.82. The van der Waals surface area contributed by atoms with Gasteiger partial charge in [-0.25, -0.2) is 0 Å². The quantitative estimate of drug-likeness (QED) is 0.437. The maximum absolute atomic E-state index is 10.3. The second-order valence-electron chi connectivity index (χ2n) is 2.25. The van der Waals surface area contributed by atoms with Gasteiger partial charge in [0, 0.05) is 0 Å². The molecule has 0 aliphatic rings. The maximum atomic E-state index is 10.3. The third-order valence-electron chi connectivity index (χ3n) is 1.20. The van der Waals surface area contributed by atoms with Crippen LogP contribution >= 0.6 is 17.0 Å². The van der Waals surface area contributed by atoms with Crippen LogP contribution in [0, 0.1) is 0 Å². The summed E-state index contributed by atoms with van der Waals surface area (Å²) in [5, 5.41) is 1.35. The van der Waals surface area contributed by atoms with E-state index in [0.29, 0.717) is 6.61 Å². The number of rotatable bonds is 5. The van der Waals surface area contributed by atoms with E-state index in [1.54, 1.807) is 0 Å². The first-order valence-electron chi connectivity index (χ1n) is 3.70. The predicted molar refractivity (Wildman–Crippen MR) is 45.6 cm³/mol. The van der Waals surface area contributed by atoms with Crippen molar-refractivity contribution in [1.82, 2.24) is 0 Å². The molecule has 0 aromatic carbocycles. The average molecular weight is 275 g/mol. The summed E-state index contributed by atoms with van der Waals surface area (Å²) in [7, 11) is 0. The van der Waals surface area contributed by atoms with Gasteiger partial charge in [0.2, 0.25) is 0 Å². The first-order chi connectivity index (χ1) is 4.77. The average Bonchev–Trinajstić information content (AvgIpc) is 1.87. The van der Waals surface area contributed by atoms with Crippen LogP contribution in [-0.4, -0.2) is 12.6 Å². The van der Waals surface area contributed by atoms with Gasteiger partial charge in [0.1, 0.15) is 0 Å². The number of ether oxygens (including phenoxy) is 1. The molecule has 0 N–H and O–H groups in total. The Kier molecular flexibility index (Phi) is 13.6. The van der Waals surface area contributed by atoms with E-state index < -0.39 is 0 Å². The van der Waals surface area contributed by atoms with Gasteiger partial charge in [0.05, 0.1) is 0 Å². The molecular formula is C7H14BrO2Zn. The van der Waals surface area contributed by atoms with Crippen LogP contribution in [-0.2, 0) is 27.8 Å². The van der Waals surface area contributed by atoms with E-state index in [2.05, 4.69) is 0 Å². The molecule has 0 radical (unpaired) electrons. The van der Waals surface area contributed by atoms with Crippen LogP contribution in [0.1, 0.15) is 26.2 Å². The molecule has 0 spiro atoms. The van der Waals surface area contributed by atoms with Gasteiger partial charge >= 0.3 is 71.6 Å². The predicted octanol–water partition coefficient (Wildman–Crippen LogP) is 2.26. The summed E-state index contributed by atoms with van der Waals surface area (Å²) >= 11 is 1.38. The minimum absolute atomic E-state index is 0. The second kappa shape index (κ2) is 10.6. The zero-order valence-corrected chi connectivity index (χ0v) is 11.6. The molecule has 0 aliphatic carbocycles. The summed E-state index contributed by atoms with van der Waals surface area (Å²) in [5.41, 5.74) is 0. The van der Waals surface area contributed by atoms with Crippen molar-refractivity contribution in [3.05, 3.63) is 0 Å². The van der Waals surface area contributed by atoms with Gasteiger partial charge in [-0.3, -0.25) is 0 Å². The van der Waals surface area contributed by atoms with Crippen molar-refractivity contribution in [2.45, 2.75) is 31.2 Å². The molecule has 0 bridgehead atoms. The molecule has 0 saturated heterocycles. The van der Waals surface area contributed by atoms with Crippen molar-refractivity contribution >= 4 is 23.0 Å². The van der Waals surface area contributed by atoms with Gasteiger partial charge in [0.25, 0.3) is 0 Å². The fourth-order valence-electron chi connectivity index (χ4n) is 0.672. The standard InChI is InChI=1S/C7H13O2.BrH.Zn/c1-3-4-5-6-9-7(2)8;;/h1,3-6H2,2H3;1H;. The van der Waals surface area contributed by atoms with Crippen LogP contribution in [0.2, 0.25) is 5.02 Å². The molecule has 0 aliphatic heterocycles. The number of esters is 1. The molecule has 63 valence electrons. The summed E-state index contributed by atoms with van der Waals surface area (Å²) in [6, 6.07) is 0. The van der Waals surface area contributed by atoms with Crippen molar-refractivity contribution in [3.8, 4) is 0 Å². The van der Waals surface area contributed by atoms with Crippen molar-refractivity contribution in [2.24, 2.45) is 0 Å². The van der Waals surface area contributed by atoms with Crippen molar-refractivity contribution < 1.29 is 27.8 Å². The van der Waals surface area contributed by atoms with Gasteiger partial charge in [-0.05, 0) is 0 Å². The first-order valence-corrected chi connectivity index (χ1v) is 5.79. The molecule has 0 heterocycles. The van der Waals surface area contributed by atoms with Gasteiger partial charge in [-0.2, -0.15) is 0 Å². The van der Waals surface area contributed by atoms with E-state index in [9.17, 15) is 4.79 Å². The summed E-state index contributed by atoms with van der Waals surface area (Å²) in [4.78, 5) is 10.3. The SMILES string of the molecule is Br.CC(=O)OCCCC[CH2][Zn]. The Morgan fingerprint density at radius 1 is 1.36 bits per heavy atom. The van der Waals surface area contributed by atoms with Gasteiger partial charge in [-0.15, -0.1) is 17.0 Å². The molecule has 0 amide bonds. The van der Waals surface area contributed by atoms with Crippen LogP contribution in [0.15, 0.2) is 0 Å². The molecular weight excluding hydrogens is 261 g/mol. The van der Waals surface area contributed by atoms with Crippen LogP contribution < -0.4 is 0 Å². The summed E-state index contributed by atoms with van der Waals surface area (Å²) in [6.07, 6.45) is 3.52. The fraction of sp³-hybridized carbons (Fsp3) is 0.857. The molecule has 0 aromatic rings. The normalized spacial score (nSPS) is 8.64. The van der Waals surface area contributed by atoms with E-state index in [0.717, 1.165) is 6.42 Å². The first kappa shape index (κ1) is 14.1. The van der Waals surface area contributed by atoms with Crippen molar-refractivity contribution in [3.63, 3.8) is 0 Å². The van der Waals surface area contributed by atoms with Crippen LogP contribution in [0.3, 0.4) is 0 Å². The molecule has 0 fully saturated rings. The van der Waals surface area contributed by atoms with E-state index in [1.807, 2.05) is 0 Å². The Bertz CT molecular complexity index is 98.4. The van der Waals surface area contributed by atoms with E-state index >= 15 is 0 Å². The Hall–Kier alpha value is 0.573. The van der Waals surface area contributed by atoms with Gasteiger partial charge in [-0.1, -0.05) is 0 Å². The van der Waals surface area contributed by atoms with E-state index in [-0.39, 0.29) is 23.0 Å². The third kappa shape index (κ3) is 13.5. The number of hydrogen-bond acceptors (Lipinski definition) is 2. The van der Waals surface area contributed by atoms with Crippen molar-refractivity contribution in [1.29, 1.82) is 0 Å².